The smallest absolute Gasteiger partial charge is 0.0106 e. The van der Waals surface area contributed by atoms with E-state index < -0.39 is 0 Å². The first-order valence-corrected chi connectivity index (χ1v) is 6.34. The first-order chi connectivity index (χ1) is 6.64. The molecule has 0 bridgehead atoms. The number of rotatable bonds is 2. The lowest BCUT2D eigenvalue weighted by Crippen LogP contribution is -1.87. The molecule has 0 aliphatic rings. The van der Waals surface area contributed by atoms with Gasteiger partial charge in [0.25, 0.3) is 0 Å². The van der Waals surface area contributed by atoms with Gasteiger partial charge in [0.05, 0.1) is 0 Å². The van der Waals surface area contributed by atoms with E-state index in [9.17, 15) is 0 Å². The average Bonchev–Trinajstić information content (AvgIpc) is 2.22. The molecular formula is C13H35N. The van der Waals surface area contributed by atoms with Crippen LogP contribution in [0.4, 0.5) is 0 Å². The maximum atomic E-state index is 4.85. The molecule has 1 heteroatoms. The van der Waals surface area contributed by atoms with E-state index in [0.717, 1.165) is 12.5 Å². The van der Waals surface area contributed by atoms with Crippen LogP contribution in [0.3, 0.4) is 0 Å². The second-order valence-electron chi connectivity index (χ2n) is 3.04. The minimum absolute atomic E-state index is 0.750. The molecule has 0 unspecified atom stereocenters. The maximum Gasteiger partial charge on any atom is -0.0106 e. The van der Waals surface area contributed by atoms with Crippen LogP contribution in [-0.2, 0) is 0 Å². The summed E-state index contributed by atoms with van der Waals surface area (Å²) in [4.78, 5) is 0. The van der Waals surface area contributed by atoms with E-state index in [1.54, 1.807) is 0 Å². The van der Waals surface area contributed by atoms with Crippen molar-refractivity contribution in [1.82, 2.24) is 0 Å². The molecule has 0 radical (unpaired) electrons. The lowest BCUT2D eigenvalue weighted by Gasteiger charge is -1.98. The van der Waals surface area contributed by atoms with Gasteiger partial charge in [0.15, 0.2) is 0 Å². The van der Waals surface area contributed by atoms with Gasteiger partial charge in [-0.1, -0.05) is 74.7 Å². The fourth-order valence-electron chi connectivity index (χ4n) is 0.289. The predicted octanol–water partition coefficient (Wildman–Crippen LogP) is 4.85. The molecule has 1 nitrogen and oxygen atoms in total. The lowest BCUT2D eigenvalue weighted by molar-refractivity contribution is 0.544. The highest BCUT2D eigenvalue weighted by molar-refractivity contribution is 4.41. The molecule has 0 aromatic heterocycles. The fraction of sp³-hybridized carbons (Fsp3) is 1.00. The van der Waals surface area contributed by atoms with E-state index in [-0.39, 0.29) is 0 Å². The summed E-state index contributed by atoms with van der Waals surface area (Å²) in [5.41, 5.74) is 4.85. The van der Waals surface area contributed by atoms with Crippen LogP contribution < -0.4 is 5.73 Å². The highest BCUT2D eigenvalue weighted by Crippen LogP contribution is 2.02. The molecule has 0 aromatic rings. The molecule has 0 saturated heterocycles. The van der Waals surface area contributed by atoms with Crippen molar-refractivity contribution in [2.45, 2.75) is 74.7 Å². The van der Waals surface area contributed by atoms with Crippen molar-refractivity contribution in [3.8, 4) is 0 Å². The third-order valence-corrected chi connectivity index (χ3v) is 1.39. The van der Waals surface area contributed by atoms with E-state index in [2.05, 4.69) is 34.6 Å². The third-order valence-electron chi connectivity index (χ3n) is 1.39. The highest BCUT2D eigenvalue weighted by atomic mass is 14.5. The zero-order valence-electron chi connectivity index (χ0n) is 12.0. The van der Waals surface area contributed by atoms with Crippen molar-refractivity contribution < 1.29 is 0 Å². The minimum atomic E-state index is 0.750. The topological polar surface area (TPSA) is 26.0 Å². The second kappa shape index (κ2) is 38.3. The molecule has 0 saturated carbocycles. The monoisotopic (exact) mass is 205 g/mol. The number of hydrogen-bond acceptors (Lipinski definition) is 1. The molecule has 0 fully saturated rings. The van der Waals surface area contributed by atoms with Crippen LogP contribution in [0.5, 0.6) is 0 Å². The largest absolute Gasteiger partial charge is 0.331 e. The van der Waals surface area contributed by atoms with E-state index in [1.807, 2.05) is 20.8 Å². The van der Waals surface area contributed by atoms with Gasteiger partial charge < -0.3 is 5.73 Å². The molecule has 0 rings (SSSR count). The predicted molar refractivity (Wildman–Crippen MR) is 71.8 cm³/mol. The summed E-state index contributed by atoms with van der Waals surface area (Å²) >= 11 is 0. The summed E-state index contributed by atoms with van der Waals surface area (Å²) in [7, 11) is 0. The first-order valence-electron chi connectivity index (χ1n) is 6.34. The summed E-state index contributed by atoms with van der Waals surface area (Å²) in [5, 5.41) is 0. The Hall–Kier alpha value is -0.0400. The zero-order valence-corrected chi connectivity index (χ0v) is 12.0. The van der Waals surface area contributed by atoms with Crippen LogP contribution in [0.1, 0.15) is 74.7 Å². The lowest BCUT2D eigenvalue weighted by atomic mass is 10.1. The van der Waals surface area contributed by atoms with Crippen molar-refractivity contribution in [2.75, 3.05) is 6.54 Å². The molecule has 0 spiro atoms. The van der Waals surface area contributed by atoms with E-state index in [4.69, 9.17) is 5.73 Å². The van der Waals surface area contributed by atoms with Crippen LogP contribution in [0.2, 0.25) is 0 Å². The van der Waals surface area contributed by atoms with Gasteiger partial charge in [-0.2, -0.15) is 0 Å². The van der Waals surface area contributed by atoms with Gasteiger partial charge in [0, 0.05) is 0 Å². The van der Waals surface area contributed by atoms with Crippen LogP contribution in [-0.4, -0.2) is 6.54 Å². The Kier molecular flexibility index (Phi) is 64.6. The molecular weight excluding hydrogens is 170 g/mol. The van der Waals surface area contributed by atoms with Gasteiger partial charge in [-0.25, -0.2) is 0 Å². The molecule has 92 valence electrons. The number of hydrogen-bond donors (Lipinski definition) is 1. The van der Waals surface area contributed by atoms with Crippen LogP contribution in [0, 0.1) is 5.92 Å². The minimum Gasteiger partial charge on any atom is -0.331 e. The molecule has 2 N–H and O–H groups in total. The maximum absolute atomic E-state index is 4.85. The zero-order chi connectivity index (χ0) is 12.4. The molecule has 0 heterocycles. The normalized spacial score (nSPS) is 7.29. The molecule has 0 atom stereocenters. The van der Waals surface area contributed by atoms with E-state index in [0.29, 0.717) is 0 Å². The van der Waals surface area contributed by atoms with Gasteiger partial charge >= 0.3 is 0 Å². The van der Waals surface area contributed by atoms with Gasteiger partial charge in [-0.3, -0.25) is 0 Å². The van der Waals surface area contributed by atoms with E-state index in [1.165, 1.54) is 19.3 Å². The van der Waals surface area contributed by atoms with Crippen molar-refractivity contribution in [2.24, 2.45) is 11.7 Å². The Morgan fingerprint density at radius 1 is 0.857 bits per heavy atom. The fourth-order valence-corrected chi connectivity index (χ4v) is 0.289. The molecule has 0 aromatic carbocycles. The Labute approximate surface area is 93.5 Å². The summed E-state index contributed by atoms with van der Waals surface area (Å²) in [6.07, 6.45) is 3.91. The quantitative estimate of drug-likeness (QED) is 0.685. The second-order valence-corrected chi connectivity index (χ2v) is 3.04. The van der Waals surface area contributed by atoms with Crippen LogP contribution in [0.15, 0.2) is 0 Å². The standard InChI is InChI=1S/C6H14.C3H8.C2H7N.C2H6/c1-4-6(3)5-2;1-3-2;1-2-3;1-2/h6H,4-5H2,1-3H3;3H2,1-2H3;2-3H2,1H3;1-2H3. The van der Waals surface area contributed by atoms with Crippen molar-refractivity contribution >= 4 is 0 Å². The SMILES string of the molecule is CC.CCC.CCC(C)CC.CCN. The average molecular weight is 205 g/mol. The van der Waals surface area contributed by atoms with Crippen LogP contribution in [0.25, 0.3) is 0 Å². The number of nitrogens with two attached hydrogens (primary N) is 1. The van der Waals surface area contributed by atoms with Gasteiger partial charge in [0.2, 0.25) is 0 Å². The molecule has 14 heavy (non-hydrogen) atoms. The summed E-state index contributed by atoms with van der Waals surface area (Å²) < 4.78 is 0. The summed E-state index contributed by atoms with van der Waals surface area (Å²) in [6, 6.07) is 0. The molecule has 0 aliphatic heterocycles. The van der Waals surface area contributed by atoms with Crippen molar-refractivity contribution in [1.29, 1.82) is 0 Å². The van der Waals surface area contributed by atoms with Crippen molar-refractivity contribution in [3.63, 3.8) is 0 Å². The van der Waals surface area contributed by atoms with Crippen molar-refractivity contribution in [3.05, 3.63) is 0 Å². The van der Waals surface area contributed by atoms with E-state index >= 15 is 0 Å². The first kappa shape index (κ1) is 23.6. The molecule has 0 aliphatic carbocycles. The Morgan fingerprint density at radius 3 is 1.00 bits per heavy atom. The highest BCUT2D eigenvalue weighted by Gasteiger charge is 1.88. The van der Waals surface area contributed by atoms with Crippen LogP contribution >= 0.6 is 0 Å². The van der Waals surface area contributed by atoms with Gasteiger partial charge in [0.1, 0.15) is 0 Å². The molecule has 0 amide bonds. The third kappa shape index (κ3) is 91.6. The van der Waals surface area contributed by atoms with Gasteiger partial charge in [-0.05, 0) is 12.5 Å². The summed E-state index contributed by atoms with van der Waals surface area (Å²) in [5.74, 6) is 0.935. The Balaban J connectivity index is -0.0000000536. The Morgan fingerprint density at radius 2 is 1.00 bits per heavy atom. The van der Waals surface area contributed by atoms with Gasteiger partial charge in [-0.15, -0.1) is 0 Å². The Bertz CT molecular complexity index is 38.5. The summed E-state index contributed by atoms with van der Waals surface area (Å²) in [6.45, 7) is 17.6.